The summed E-state index contributed by atoms with van der Waals surface area (Å²) in [5.41, 5.74) is 1.43. The van der Waals surface area contributed by atoms with Crippen LogP contribution in [0.1, 0.15) is 32.0 Å². The summed E-state index contributed by atoms with van der Waals surface area (Å²) in [6.45, 7) is 8.53. The highest BCUT2D eigenvalue weighted by Crippen LogP contribution is 2.24. The Bertz CT molecular complexity index is 690. The molecule has 1 atom stereocenters. The van der Waals surface area contributed by atoms with Crippen LogP contribution in [0.4, 0.5) is 4.39 Å². The molecule has 0 N–H and O–H groups in total. The van der Waals surface area contributed by atoms with Crippen LogP contribution >= 0.6 is 0 Å². The molecule has 2 fully saturated rings. The van der Waals surface area contributed by atoms with Crippen molar-refractivity contribution < 1.29 is 4.39 Å². The summed E-state index contributed by atoms with van der Waals surface area (Å²) < 4.78 is 16.2. The number of likely N-dealkylation sites (tertiary alicyclic amines) is 2. The van der Waals surface area contributed by atoms with Gasteiger partial charge in [0.05, 0.1) is 12.1 Å². The first kappa shape index (κ1) is 15.1. The highest BCUT2D eigenvalue weighted by molar-refractivity contribution is 5.76. The van der Waals surface area contributed by atoms with Gasteiger partial charge in [0.1, 0.15) is 11.3 Å². The molecule has 1 aromatic heterocycles. The van der Waals surface area contributed by atoms with E-state index in [9.17, 15) is 4.39 Å². The first-order valence-corrected chi connectivity index (χ1v) is 8.86. The van der Waals surface area contributed by atoms with Crippen molar-refractivity contribution in [2.75, 3.05) is 26.2 Å². The Kier molecular flexibility index (Phi) is 4.07. The van der Waals surface area contributed by atoms with Crippen LogP contribution < -0.4 is 0 Å². The van der Waals surface area contributed by atoms with Gasteiger partial charge >= 0.3 is 0 Å². The highest BCUT2D eigenvalue weighted by atomic mass is 19.1. The van der Waals surface area contributed by atoms with Crippen molar-refractivity contribution in [3.63, 3.8) is 0 Å². The molecule has 2 saturated heterocycles. The van der Waals surface area contributed by atoms with E-state index in [4.69, 9.17) is 0 Å². The highest BCUT2D eigenvalue weighted by Gasteiger charge is 2.30. The predicted octanol–water partition coefficient (Wildman–Crippen LogP) is 2.87. The number of nitrogens with zero attached hydrogens (tertiary/aromatic N) is 4. The lowest BCUT2D eigenvalue weighted by Gasteiger charge is -2.23. The molecule has 23 heavy (non-hydrogen) atoms. The van der Waals surface area contributed by atoms with Crippen LogP contribution in [-0.4, -0.2) is 51.6 Å². The summed E-state index contributed by atoms with van der Waals surface area (Å²) in [6.07, 6.45) is 3.95. The van der Waals surface area contributed by atoms with E-state index in [2.05, 4.69) is 26.3 Å². The second kappa shape index (κ2) is 6.21. The van der Waals surface area contributed by atoms with E-state index < -0.39 is 0 Å². The van der Waals surface area contributed by atoms with Gasteiger partial charge in [-0.05, 0) is 51.4 Å². The number of benzene rings is 1. The van der Waals surface area contributed by atoms with Gasteiger partial charge in [-0.15, -0.1) is 0 Å². The number of rotatable bonds is 4. The Labute approximate surface area is 136 Å². The van der Waals surface area contributed by atoms with Crippen LogP contribution in [0, 0.1) is 5.82 Å². The van der Waals surface area contributed by atoms with Crippen LogP contribution in [0.3, 0.4) is 0 Å². The maximum Gasteiger partial charge on any atom is 0.151 e. The number of aromatic nitrogens is 2. The summed E-state index contributed by atoms with van der Waals surface area (Å²) in [7, 11) is 0. The van der Waals surface area contributed by atoms with Crippen molar-refractivity contribution in [2.24, 2.45) is 0 Å². The fourth-order valence-corrected chi connectivity index (χ4v) is 4.20. The molecule has 2 aromatic rings. The van der Waals surface area contributed by atoms with E-state index in [1.165, 1.54) is 38.4 Å². The monoisotopic (exact) mass is 316 g/mol. The van der Waals surface area contributed by atoms with E-state index in [-0.39, 0.29) is 5.82 Å². The van der Waals surface area contributed by atoms with Crippen molar-refractivity contribution >= 4 is 11.0 Å². The van der Waals surface area contributed by atoms with Gasteiger partial charge in [0, 0.05) is 25.7 Å². The third-order valence-corrected chi connectivity index (χ3v) is 5.39. The van der Waals surface area contributed by atoms with E-state index in [1.807, 2.05) is 6.07 Å². The van der Waals surface area contributed by atoms with Crippen LogP contribution in [0.5, 0.6) is 0 Å². The smallest absolute Gasteiger partial charge is 0.151 e. The van der Waals surface area contributed by atoms with Crippen molar-refractivity contribution in [1.82, 2.24) is 19.4 Å². The summed E-state index contributed by atoms with van der Waals surface area (Å²) >= 11 is 0. The fourth-order valence-electron chi connectivity index (χ4n) is 4.20. The lowest BCUT2D eigenvalue weighted by atomic mass is 10.2. The van der Waals surface area contributed by atoms with Gasteiger partial charge in [0.15, 0.2) is 5.82 Å². The molecule has 124 valence electrons. The van der Waals surface area contributed by atoms with Gasteiger partial charge < -0.3 is 4.57 Å². The standard InChI is InChI=1S/C18H25FN4/c1-2-23-16-7-5-6-15(19)18(16)20-17(23)13-21-11-8-14(12-21)22-9-3-4-10-22/h5-7,14H,2-4,8-13H2,1H3. The third kappa shape index (κ3) is 2.76. The zero-order chi connectivity index (χ0) is 15.8. The molecule has 4 nitrogen and oxygen atoms in total. The summed E-state index contributed by atoms with van der Waals surface area (Å²) in [6, 6.07) is 5.94. The fraction of sp³-hybridized carbons (Fsp3) is 0.611. The van der Waals surface area contributed by atoms with E-state index in [1.54, 1.807) is 6.07 Å². The Morgan fingerprint density at radius 2 is 2.04 bits per heavy atom. The molecule has 1 unspecified atom stereocenters. The molecule has 0 radical (unpaired) electrons. The minimum absolute atomic E-state index is 0.215. The molecule has 0 saturated carbocycles. The average molecular weight is 316 g/mol. The Hall–Kier alpha value is -1.46. The maximum absolute atomic E-state index is 14.0. The van der Waals surface area contributed by atoms with Crippen LogP contribution in [-0.2, 0) is 13.1 Å². The van der Waals surface area contributed by atoms with E-state index in [0.29, 0.717) is 11.6 Å². The molecule has 2 aliphatic rings. The van der Waals surface area contributed by atoms with Crippen LogP contribution in [0.25, 0.3) is 11.0 Å². The first-order chi connectivity index (χ1) is 11.3. The summed E-state index contributed by atoms with van der Waals surface area (Å²) in [5.74, 6) is 0.780. The Morgan fingerprint density at radius 1 is 1.22 bits per heavy atom. The largest absolute Gasteiger partial charge is 0.327 e. The maximum atomic E-state index is 14.0. The second-order valence-corrected chi connectivity index (χ2v) is 6.80. The molecular weight excluding hydrogens is 291 g/mol. The molecule has 1 aromatic carbocycles. The number of halogens is 1. The number of fused-ring (bicyclic) bond motifs is 1. The Morgan fingerprint density at radius 3 is 2.83 bits per heavy atom. The first-order valence-electron chi connectivity index (χ1n) is 8.86. The van der Waals surface area contributed by atoms with Gasteiger partial charge in [-0.1, -0.05) is 6.07 Å². The average Bonchev–Trinajstić information content (AvgIpc) is 3.26. The number of hydrogen-bond acceptors (Lipinski definition) is 3. The van der Waals surface area contributed by atoms with Crippen molar-refractivity contribution in [3.05, 3.63) is 29.8 Å². The minimum atomic E-state index is -0.215. The minimum Gasteiger partial charge on any atom is -0.327 e. The normalized spacial score (nSPS) is 23.3. The molecule has 0 aliphatic carbocycles. The SMILES string of the molecule is CCn1c(CN2CCC(N3CCCC3)C2)nc2c(F)cccc21. The van der Waals surface area contributed by atoms with Gasteiger partial charge in [0.25, 0.3) is 0 Å². The predicted molar refractivity (Wildman–Crippen MR) is 89.9 cm³/mol. The van der Waals surface area contributed by atoms with E-state index in [0.717, 1.165) is 37.5 Å². The molecule has 2 aliphatic heterocycles. The van der Waals surface area contributed by atoms with Gasteiger partial charge in [-0.25, -0.2) is 9.37 Å². The molecule has 5 heteroatoms. The second-order valence-electron chi connectivity index (χ2n) is 6.80. The third-order valence-electron chi connectivity index (χ3n) is 5.39. The van der Waals surface area contributed by atoms with E-state index >= 15 is 0 Å². The van der Waals surface area contributed by atoms with Crippen molar-refractivity contribution in [2.45, 2.75) is 45.3 Å². The van der Waals surface area contributed by atoms with Gasteiger partial charge in [0.2, 0.25) is 0 Å². The summed E-state index contributed by atoms with van der Waals surface area (Å²) in [5, 5.41) is 0. The van der Waals surface area contributed by atoms with Gasteiger partial charge in [-0.3, -0.25) is 9.80 Å². The molecule has 0 amide bonds. The van der Waals surface area contributed by atoms with Crippen molar-refractivity contribution in [3.8, 4) is 0 Å². The zero-order valence-corrected chi connectivity index (χ0v) is 13.8. The number of aryl methyl sites for hydroxylation is 1. The molecule has 0 spiro atoms. The van der Waals surface area contributed by atoms with Gasteiger partial charge in [-0.2, -0.15) is 0 Å². The molecule has 4 rings (SSSR count). The number of imidazole rings is 1. The molecule has 0 bridgehead atoms. The molecule has 3 heterocycles. The number of hydrogen-bond donors (Lipinski definition) is 0. The lowest BCUT2D eigenvalue weighted by molar-refractivity contribution is 0.227. The van der Waals surface area contributed by atoms with Crippen molar-refractivity contribution in [1.29, 1.82) is 0 Å². The molecular formula is C18H25FN4. The Balaban J connectivity index is 1.53. The quantitative estimate of drug-likeness (QED) is 0.867. The topological polar surface area (TPSA) is 24.3 Å². The summed E-state index contributed by atoms with van der Waals surface area (Å²) in [4.78, 5) is 9.72. The van der Waals surface area contributed by atoms with Crippen LogP contribution in [0.2, 0.25) is 0 Å². The van der Waals surface area contributed by atoms with Crippen LogP contribution in [0.15, 0.2) is 18.2 Å². The zero-order valence-electron chi connectivity index (χ0n) is 13.8. The number of para-hydroxylation sites is 1. The lowest BCUT2D eigenvalue weighted by Crippen LogP contribution is -2.35.